The second kappa shape index (κ2) is 14.6. The van der Waals surface area contributed by atoms with Gasteiger partial charge in [0.2, 0.25) is 0 Å². The minimum absolute atomic E-state index is 0.0187. The highest BCUT2D eigenvalue weighted by atomic mass is 16.5. The molecule has 0 aromatic rings. The molecule has 42 heavy (non-hydrogen) atoms. The lowest BCUT2D eigenvalue weighted by Gasteiger charge is -2.58. The maximum atomic E-state index is 13.2. The highest BCUT2D eigenvalue weighted by Gasteiger charge is 2.59. The number of allylic oxidation sites excluding steroid dienone is 1. The molecule has 0 aromatic heterocycles. The fourth-order valence-corrected chi connectivity index (χ4v) is 10.2. The van der Waals surface area contributed by atoms with Gasteiger partial charge in [-0.3, -0.25) is 9.59 Å². The van der Waals surface area contributed by atoms with Gasteiger partial charge in [-0.15, -0.1) is 0 Å². The van der Waals surface area contributed by atoms with Crippen molar-refractivity contribution in [2.45, 2.75) is 156 Å². The first kappa shape index (κ1) is 33.5. The van der Waals surface area contributed by atoms with Crippen molar-refractivity contribution in [2.24, 2.45) is 46.3 Å². The zero-order chi connectivity index (χ0) is 30.5. The van der Waals surface area contributed by atoms with E-state index in [-0.39, 0.29) is 30.3 Å². The Hall–Kier alpha value is -1.36. The van der Waals surface area contributed by atoms with Crippen molar-refractivity contribution >= 4 is 11.9 Å². The quantitative estimate of drug-likeness (QED) is 0.114. The summed E-state index contributed by atoms with van der Waals surface area (Å²) in [5, 5.41) is 12.5. The molecule has 0 aromatic carbocycles. The summed E-state index contributed by atoms with van der Waals surface area (Å²) in [7, 11) is 0. The standard InChI is InChI=1S/C37H63NO4/c1-7-8-9-23-38-33(17-18-34(39)40)35(41)42-28-19-21-36(5)27(24-28)13-14-29-31-16-15-30(26(4)12-10-11-25(2)3)37(31,6)22-20-32(29)36/h13,25-26,28-33,38H,7-12,14-24H2,1-6H3,(H,39,40)/t26-,28?,29?,30-,31?,32?,33+,36+,37-/m1/s1. The van der Waals surface area contributed by atoms with Gasteiger partial charge in [0, 0.05) is 12.8 Å². The highest BCUT2D eigenvalue weighted by Crippen LogP contribution is 2.67. The molecular formula is C37H63NO4. The Labute approximate surface area is 257 Å². The van der Waals surface area contributed by atoms with Gasteiger partial charge in [-0.25, -0.2) is 0 Å². The van der Waals surface area contributed by atoms with Crippen LogP contribution in [0.3, 0.4) is 0 Å². The SMILES string of the molecule is CCCCCN[C@@H](CCC(=O)O)C(=O)OC1CC[C@@]2(C)C(=CCC3C2CC[C@@]2(C)C3CC[C@@H]2[C@H](C)CCCC(C)C)C1. The van der Waals surface area contributed by atoms with Crippen LogP contribution in [0.2, 0.25) is 0 Å². The number of fused-ring (bicyclic) bond motifs is 5. The second-order valence-electron chi connectivity index (χ2n) is 15.7. The third kappa shape index (κ3) is 7.46. The van der Waals surface area contributed by atoms with Crippen molar-refractivity contribution < 1.29 is 19.4 Å². The van der Waals surface area contributed by atoms with E-state index in [1.165, 1.54) is 56.9 Å². The number of ether oxygens (including phenoxy) is 1. The first-order valence-corrected chi connectivity index (χ1v) is 17.8. The summed E-state index contributed by atoms with van der Waals surface area (Å²) < 4.78 is 6.11. The smallest absolute Gasteiger partial charge is 0.323 e. The van der Waals surface area contributed by atoms with E-state index in [0.717, 1.165) is 80.6 Å². The Morgan fingerprint density at radius 2 is 1.79 bits per heavy atom. The average Bonchev–Trinajstić information content (AvgIpc) is 3.29. The molecule has 4 rings (SSSR count). The predicted molar refractivity (Wildman–Crippen MR) is 171 cm³/mol. The minimum atomic E-state index is -0.865. The number of carbonyl (C=O) groups is 2. The summed E-state index contributed by atoms with van der Waals surface area (Å²) in [6.07, 6.45) is 19.7. The van der Waals surface area contributed by atoms with Crippen molar-refractivity contribution in [2.75, 3.05) is 6.54 Å². The topological polar surface area (TPSA) is 75.6 Å². The summed E-state index contributed by atoms with van der Waals surface area (Å²) >= 11 is 0. The molecule has 2 N–H and O–H groups in total. The Morgan fingerprint density at radius 1 is 1.00 bits per heavy atom. The van der Waals surface area contributed by atoms with Crippen molar-refractivity contribution in [1.82, 2.24) is 5.32 Å². The molecule has 0 aliphatic heterocycles. The summed E-state index contributed by atoms with van der Waals surface area (Å²) in [5.41, 5.74) is 2.27. The molecule has 0 amide bonds. The lowest BCUT2D eigenvalue weighted by atomic mass is 9.47. The van der Waals surface area contributed by atoms with E-state index >= 15 is 0 Å². The van der Waals surface area contributed by atoms with Crippen LogP contribution in [0.25, 0.3) is 0 Å². The summed E-state index contributed by atoms with van der Waals surface area (Å²) in [6, 6.07) is -0.532. The van der Waals surface area contributed by atoms with E-state index in [1.807, 2.05) is 0 Å². The third-order valence-electron chi connectivity index (χ3n) is 12.6. The van der Waals surface area contributed by atoms with Crippen LogP contribution < -0.4 is 5.32 Å². The number of esters is 1. The lowest BCUT2D eigenvalue weighted by molar-refractivity contribution is -0.154. The minimum Gasteiger partial charge on any atom is -0.481 e. The maximum Gasteiger partial charge on any atom is 0.323 e. The van der Waals surface area contributed by atoms with Gasteiger partial charge < -0.3 is 15.2 Å². The number of carboxylic acid groups (broad SMARTS) is 1. The number of hydrogen-bond donors (Lipinski definition) is 2. The van der Waals surface area contributed by atoms with Crippen molar-refractivity contribution in [1.29, 1.82) is 0 Å². The van der Waals surface area contributed by atoms with Gasteiger partial charge in [-0.05, 0) is 111 Å². The molecule has 5 nitrogen and oxygen atoms in total. The van der Waals surface area contributed by atoms with E-state index in [4.69, 9.17) is 4.74 Å². The summed E-state index contributed by atoms with van der Waals surface area (Å²) in [5.74, 6) is 3.82. The number of carboxylic acids is 1. The zero-order valence-electron chi connectivity index (χ0n) is 27.9. The molecule has 240 valence electrons. The Bertz CT molecular complexity index is 944. The van der Waals surface area contributed by atoms with Crippen LogP contribution in [-0.2, 0) is 14.3 Å². The van der Waals surface area contributed by atoms with Crippen LogP contribution in [-0.4, -0.2) is 35.7 Å². The number of rotatable bonds is 15. The molecule has 0 radical (unpaired) electrons. The molecule has 4 aliphatic rings. The van der Waals surface area contributed by atoms with Crippen LogP contribution in [0.5, 0.6) is 0 Å². The maximum absolute atomic E-state index is 13.2. The van der Waals surface area contributed by atoms with Gasteiger partial charge in [-0.1, -0.05) is 85.3 Å². The Balaban J connectivity index is 1.37. The first-order valence-electron chi connectivity index (χ1n) is 17.8. The molecule has 4 unspecified atom stereocenters. The Kier molecular flexibility index (Phi) is 11.7. The van der Waals surface area contributed by atoms with Crippen LogP contribution >= 0.6 is 0 Å². The van der Waals surface area contributed by atoms with Crippen molar-refractivity contribution in [3.63, 3.8) is 0 Å². The summed E-state index contributed by atoms with van der Waals surface area (Å²) in [4.78, 5) is 24.4. The molecule has 3 fully saturated rings. The molecule has 0 spiro atoms. The number of aliphatic carboxylic acids is 1. The van der Waals surface area contributed by atoms with E-state index in [9.17, 15) is 14.7 Å². The van der Waals surface area contributed by atoms with Crippen LogP contribution in [0.1, 0.15) is 144 Å². The fourth-order valence-electron chi connectivity index (χ4n) is 10.2. The largest absolute Gasteiger partial charge is 0.481 e. The predicted octanol–water partition coefficient (Wildman–Crippen LogP) is 8.95. The van der Waals surface area contributed by atoms with Crippen LogP contribution in [0, 0.1) is 46.3 Å². The molecule has 4 aliphatic carbocycles. The van der Waals surface area contributed by atoms with E-state index in [1.54, 1.807) is 0 Å². The van der Waals surface area contributed by atoms with Gasteiger partial charge >= 0.3 is 11.9 Å². The van der Waals surface area contributed by atoms with Gasteiger partial charge in [0.15, 0.2) is 0 Å². The van der Waals surface area contributed by atoms with E-state index in [2.05, 4.69) is 52.9 Å². The van der Waals surface area contributed by atoms with E-state index in [0.29, 0.717) is 5.41 Å². The van der Waals surface area contributed by atoms with Crippen LogP contribution in [0.15, 0.2) is 11.6 Å². The van der Waals surface area contributed by atoms with Crippen LogP contribution in [0.4, 0.5) is 0 Å². The molecule has 0 saturated heterocycles. The normalized spacial score (nSPS) is 35.5. The van der Waals surface area contributed by atoms with E-state index < -0.39 is 12.0 Å². The monoisotopic (exact) mass is 585 g/mol. The van der Waals surface area contributed by atoms with Gasteiger partial charge in [-0.2, -0.15) is 0 Å². The fraction of sp³-hybridized carbons (Fsp3) is 0.892. The lowest BCUT2D eigenvalue weighted by Crippen LogP contribution is -2.51. The van der Waals surface area contributed by atoms with Crippen molar-refractivity contribution in [3.05, 3.63) is 11.6 Å². The van der Waals surface area contributed by atoms with Gasteiger partial charge in [0.1, 0.15) is 12.1 Å². The molecule has 5 heteroatoms. The zero-order valence-corrected chi connectivity index (χ0v) is 27.9. The number of nitrogens with one attached hydrogen (secondary N) is 1. The number of hydrogen-bond acceptors (Lipinski definition) is 4. The Morgan fingerprint density at radius 3 is 2.50 bits per heavy atom. The molecular weight excluding hydrogens is 522 g/mol. The van der Waals surface area contributed by atoms with Gasteiger partial charge in [0.25, 0.3) is 0 Å². The molecule has 0 bridgehead atoms. The van der Waals surface area contributed by atoms with Crippen molar-refractivity contribution in [3.8, 4) is 0 Å². The second-order valence-corrected chi connectivity index (χ2v) is 15.7. The number of unbranched alkanes of at least 4 members (excludes halogenated alkanes) is 2. The highest BCUT2D eigenvalue weighted by molar-refractivity contribution is 5.77. The van der Waals surface area contributed by atoms with Gasteiger partial charge in [0.05, 0.1) is 0 Å². The first-order chi connectivity index (χ1) is 20.0. The number of carbonyl (C=O) groups excluding carboxylic acids is 1. The average molecular weight is 586 g/mol. The summed E-state index contributed by atoms with van der Waals surface area (Å²) in [6.45, 7) is 15.3. The molecule has 0 heterocycles. The molecule has 9 atom stereocenters. The molecule has 3 saturated carbocycles. The third-order valence-corrected chi connectivity index (χ3v) is 12.6.